The summed E-state index contributed by atoms with van der Waals surface area (Å²) in [6.45, 7) is 0. The van der Waals surface area contributed by atoms with Crippen molar-refractivity contribution in [3.8, 4) is 11.1 Å². The molecule has 5 nitrogen and oxygen atoms in total. The van der Waals surface area contributed by atoms with E-state index in [9.17, 15) is 9.59 Å². The highest BCUT2D eigenvalue weighted by atomic mass is 32.2. The topological polar surface area (TPSA) is 55.8 Å². The Labute approximate surface area is 149 Å². The number of hydrogen-bond donors (Lipinski definition) is 0. The molecule has 1 aliphatic rings. The van der Waals surface area contributed by atoms with E-state index in [2.05, 4.69) is 6.07 Å². The van der Waals surface area contributed by atoms with Gasteiger partial charge >= 0.3 is 11.9 Å². The Balaban J connectivity index is 2.23. The molecule has 6 heteroatoms. The number of anilines is 1. The minimum Gasteiger partial charge on any atom is -0.466 e. The third-order valence-electron chi connectivity index (χ3n) is 3.96. The first-order valence-electron chi connectivity index (χ1n) is 7.61. The molecule has 0 amide bonds. The van der Waals surface area contributed by atoms with Crippen LogP contribution in [0, 0.1) is 0 Å². The Bertz CT molecular complexity index is 862. The predicted molar refractivity (Wildman–Crippen MR) is 98.0 cm³/mol. The number of esters is 2. The first kappa shape index (κ1) is 17.1. The molecule has 1 aliphatic heterocycles. The normalized spacial score (nSPS) is 15.9. The average molecular weight is 356 g/mol. The van der Waals surface area contributed by atoms with Crippen LogP contribution in [0.3, 0.4) is 0 Å². The molecule has 128 valence electrons. The predicted octanol–water partition coefficient (Wildman–Crippen LogP) is 2.93. The summed E-state index contributed by atoms with van der Waals surface area (Å²) in [5.74, 6) is -1.19. The first-order valence-corrected chi connectivity index (χ1v) is 9.20. The second-order valence-electron chi connectivity index (χ2n) is 5.33. The van der Waals surface area contributed by atoms with Crippen LogP contribution in [0.4, 0.5) is 5.69 Å². The molecule has 0 saturated heterocycles. The summed E-state index contributed by atoms with van der Waals surface area (Å²) in [6.07, 6.45) is 3.20. The number of ether oxygens (including phenoxy) is 2. The molecular weight excluding hydrogens is 338 g/mol. The van der Waals surface area contributed by atoms with Crippen molar-refractivity contribution in [3.05, 3.63) is 60.3 Å². The van der Waals surface area contributed by atoms with Gasteiger partial charge in [-0.3, -0.25) is 0 Å². The van der Waals surface area contributed by atoms with Gasteiger partial charge in [0.25, 0.3) is 0 Å². The van der Waals surface area contributed by atoms with E-state index in [0.29, 0.717) is 0 Å². The summed E-state index contributed by atoms with van der Waals surface area (Å²) in [5.41, 5.74) is 3.14. The van der Waals surface area contributed by atoms with E-state index in [1.165, 1.54) is 20.3 Å². The fraction of sp³-hybridized carbons (Fsp3) is 0.158. The van der Waals surface area contributed by atoms with E-state index in [4.69, 9.17) is 9.47 Å². The number of hydrogen-bond acceptors (Lipinski definition) is 5. The molecule has 2 aromatic carbocycles. The van der Waals surface area contributed by atoms with Gasteiger partial charge in [-0.2, -0.15) is 0 Å². The van der Waals surface area contributed by atoms with Crippen molar-refractivity contribution in [2.75, 3.05) is 24.8 Å². The van der Waals surface area contributed by atoms with Gasteiger partial charge in [-0.15, -0.1) is 4.31 Å². The highest BCUT2D eigenvalue weighted by Gasteiger charge is 2.41. The summed E-state index contributed by atoms with van der Waals surface area (Å²) >= 11 is -0.479. The van der Waals surface area contributed by atoms with Crippen LogP contribution in [0.25, 0.3) is 11.1 Å². The average Bonchev–Trinajstić information content (AvgIpc) is 2.66. The zero-order valence-electron chi connectivity index (χ0n) is 14.2. The summed E-state index contributed by atoms with van der Waals surface area (Å²) in [5, 5.41) is 0. The van der Waals surface area contributed by atoms with Crippen molar-refractivity contribution in [3.63, 3.8) is 0 Å². The lowest BCUT2D eigenvalue weighted by Gasteiger charge is -2.29. The highest BCUT2D eigenvalue weighted by molar-refractivity contribution is 7.98. The molecule has 0 aromatic heterocycles. The largest absolute Gasteiger partial charge is 0.466 e. The van der Waals surface area contributed by atoms with E-state index in [1.54, 1.807) is 0 Å². The molecule has 1 heterocycles. The summed E-state index contributed by atoms with van der Waals surface area (Å²) in [7, 11) is 2.57. The Morgan fingerprint density at radius 1 is 0.960 bits per heavy atom. The minimum absolute atomic E-state index is 0.155. The van der Waals surface area contributed by atoms with Gasteiger partial charge in [-0.25, -0.2) is 9.59 Å². The second-order valence-corrected chi connectivity index (χ2v) is 7.09. The Morgan fingerprint density at radius 3 is 2.28 bits per heavy atom. The Hall–Kier alpha value is -2.73. The van der Waals surface area contributed by atoms with Gasteiger partial charge in [0.05, 0.1) is 26.0 Å². The fourth-order valence-electron chi connectivity index (χ4n) is 2.82. The molecule has 0 aliphatic carbocycles. The number of methoxy groups -OCH3 is 2. The van der Waals surface area contributed by atoms with E-state index >= 15 is 0 Å². The maximum atomic E-state index is 12.4. The molecule has 25 heavy (non-hydrogen) atoms. The fourth-order valence-corrected chi connectivity index (χ4v) is 4.67. The highest BCUT2D eigenvalue weighted by Crippen LogP contribution is 2.44. The van der Waals surface area contributed by atoms with Crippen molar-refractivity contribution >= 4 is 28.7 Å². The van der Waals surface area contributed by atoms with E-state index < -0.39 is 23.0 Å². The zero-order chi connectivity index (χ0) is 18.0. The van der Waals surface area contributed by atoms with Crippen LogP contribution < -0.4 is 4.31 Å². The van der Waals surface area contributed by atoms with Crippen LogP contribution >= 0.6 is 0 Å². The molecule has 0 bridgehead atoms. The number of carbonyl (C=O) groups excluding carboxylic acids is 2. The number of rotatable bonds is 3. The molecule has 1 unspecified atom stereocenters. The van der Waals surface area contributed by atoms with Crippen LogP contribution in [0.2, 0.25) is 0 Å². The lowest BCUT2D eigenvalue weighted by Crippen LogP contribution is -2.37. The summed E-state index contributed by atoms with van der Waals surface area (Å²) in [4.78, 5) is 25.3. The van der Waals surface area contributed by atoms with Crippen LogP contribution in [0.5, 0.6) is 0 Å². The lowest BCUT2D eigenvalue weighted by molar-refractivity contribution is -0.138. The second kappa shape index (κ2) is 7.03. The number of para-hydroxylation sites is 1. The molecule has 1 atom stereocenters. The monoisotopic (exact) mass is 356 g/mol. The van der Waals surface area contributed by atoms with E-state index in [1.807, 2.05) is 53.0 Å². The lowest BCUT2D eigenvalue weighted by atomic mass is 10.0. The first-order chi connectivity index (χ1) is 12.1. The third-order valence-corrected chi connectivity index (χ3v) is 5.89. The number of benzene rings is 2. The molecule has 3 rings (SSSR count). The van der Waals surface area contributed by atoms with Crippen LogP contribution in [-0.4, -0.2) is 32.4 Å². The van der Waals surface area contributed by atoms with Gasteiger partial charge in [0, 0.05) is 11.1 Å². The number of fused-ring (bicyclic) bond motifs is 3. The maximum Gasteiger partial charge on any atom is 0.359 e. The van der Waals surface area contributed by atoms with Crippen molar-refractivity contribution in [1.29, 1.82) is 0 Å². The molecule has 0 saturated carbocycles. The van der Waals surface area contributed by atoms with Gasteiger partial charge < -0.3 is 9.47 Å². The summed E-state index contributed by atoms with van der Waals surface area (Å²) < 4.78 is 11.5. The van der Waals surface area contributed by atoms with Crippen molar-refractivity contribution < 1.29 is 19.1 Å². The van der Waals surface area contributed by atoms with Crippen LogP contribution in [-0.2, 0) is 30.1 Å². The number of nitrogens with zero attached hydrogens (tertiary/aromatic N) is 1. The quantitative estimate of drug-likeness (QED) is 0.481. The molecule has 0 N–H and O–H groups in total. The van der Waals surface area contributed by atoms with Crippen molar-refractivity contribution in [1.82, 2.24) is 0 Å². The molecule has 0 spiro atoms. The standard InChI is InChI=1S/C19H18NO4S/c1-23-18(21)12-16(19(22)24-2)20-15-10-6-4-8-13(15)14-9-5-7-11-17(14)25(20)3/h4-12H,1-3H3/q+1/b16-12+. The van der Waals surface area contributed by atoms with Gasteiger partial charge in [-0.1, -0.05) is 30.3 Å². The zero-order valence-corrected chi connectivity index (χ0v) is 15.0. The van der Waals surface area contributed by atoms with Gasteiger partial charge in [0.1, 0.15) is 17.3 Å². The SMILES string of the molecule is COC(=O)/C=C(\C(=O)OC)N1c2ccccc2-c2ccccc2[S+]1C. The van der Waals surface area contributed by atoms with Crippen LogP contribution in [0.1, 0.15) is 0 Å². The van der Waals surface area contributed by atoms with Gasteiger partial charge in [0.2, 0.25) is 0 Å². The van der Waals surface area contributed by atoms with Crippen LogP contribution in [0.15, 0.2) is 65.2 Å². The molecule has 2 aromatic rings. The molecule has 0 radical (unpaired) electrons. The van der Waals surface area contributed by atoms with Gasteiger partial charge in [0.15, 0.2) is 10.6 Å². The maximum absolute atomic E-state index is 12.4. The van der Waals surface area contributed by atoms with Crippen molar-refractivity contribution in [2.45, 2.75) is 4.90 Å². The minimum atomic E-state index is -0.603. The van der Waals surface area contributed by atoms with E-state index in [-0.39, 0.29) is 5.70 Å². The summed E-state index contributed by atoms with van der Waals surface area (Å²) in [6, 6.07) is 15.9. The molecule has 0 fully saturated rings. The number of carbonyl (C=O) groups is 2. The molecular formula is C19H18NO4S+. The smallest absolute Gasteiger partial charge is 0.359 e. The van der Waals surface area contributed by atoms with E-state index in [0.717, 1.165) is 21.7 Å². The third kappa shape index (κ3) is 3.00. The Morgan fingerprint density at radius 2 is 1.60 bits per heavy atom. The van der Waals surface area contributed by atoms with Gasteiger partial charge in [-0.05, 0) is 18.2 Å². The Kier molecular flexibility index (Phi) is 4.81. The van der Waals surface area contributed by atoms with Crippen molar-refractivity contribution in [2.24, 2.45) is 0 Å².